The maximum absolute atomic E-state index is 13.5. The fraction of sp³-hybridized carbons (Fsp3) is 0.333. The molecule has 1 aromatic carbocycles. The molecule has 4 heteroatoms. The standard InChI is InChI=1S/C12H12F2O2/c1-2-3-4-15-11-7-16-10-6-8(13)5-9(14)12(10)11/h5-7H,2-4H2,1H3. The second-order valence-electron chi connectivity index (χ2n) is 3.56. The number of hydrogen-bond donors (Lipinski definition) is 0. The molecule has 0 amide bonds. The van der Waals surface area contributed by atoms with Crippen molar-refractivity contribution in [2.75, 3.05) is 6.61 Å². The third kappa shape index (κ3) is 2.01. The van der Waals surface area contributed by atoms with Gasteiger partial charge in [0, 0.05) is 12.1 Å². The first-order valence-corrected chi connectivity index (χ1v) is 5.21. The van der Waals surface area contributed by atoms with Crippen LogP contribution in [0, 0.1) is 11.6 Å². The molecular weight excluding hydrogens is 214 g/mol. The van der Waals surface area contributed by atoms with Crippen molar-refractivity contribution in [3.05, 3.63) is 30.0 Å². The summed E-state index contributed by atoms with van der Waals surface area (Å²) in [4.78, 5) is 0. The molecule has 0 fully saturated rings. The third-order valence-electron chi connectivity index (χ3n) is 2.31. The van der Waals surface area contributed by atoms with E-state index < -0.39 is 11.6 Å². The van der Waals surface area contributed by atoms with Gasteiger partial charge in [-0.3, -0.25) is 0 Å². The Labute approximate surface area is 91.8 Å². The Morgan fingerprint density at radius 3 is 2.88 bits per heavy atom. The summed E-state index contributed by atoms with van der Waals surface area (Å²) in [7, 11) is 0. The lowest BCUT2D eigenvalue weighted by Gasteiger charge is -2.02. The van der Waals surface area contributed by atoms with Crippen molar-refractivity contribution in [1.29, 1.82) is 0 Å². The molecule has 86 valence electrons. The molecule has 2 nitrogen and oxygen atoms in total. The zero-order valence-electron chi connectivity index (χ0n) is 8.93. The first-order valence-electron chi connectivity index (χ1n) is 5.21. The summed E-state index contributed by atoms with van der Waals surface area (Å²) in [6.07, 6.45) is 3.19. The lowest BCUT2D eigenvalue weighted by molar-refractivity contribution is 0.308. The Hall–Kier alpha value is -1.58. The van der Waals surface area contributed by atoms with Crippen LogP contribution in [0.5, 0.6) is 5.75 Å². The van der Waals surface area contributed by atoms with Gasteiger partial charge in [-0.25, -0.2) is 8.78 Å². The molecule has 0 saturated heterocycles. The van der Waals surface area contributed by atoms with E-state index in [4.69, 9.17) is 9.15 Å². The molecule has 1 heterocycles. The summed E-state index contributed by atoms with van der Waals surface area (Å²) in [5.41, 5.74) is 0.170. The number of hydrogen-bond acceptors (Lipinski definition) is 2. The zero-order valence-corrected chi connectivity index (χ0v) is 8.93. The molecule has 0 N–H and O–H groups in total. The summed E-state index contributed by atoms with van der Waals surface area (Å²) in [6.45, 7) is 2.54. The number of unbranched alkanes of at least 4 members (excludes halogenated alkanes) is 1. The molecule has 0 spiro atoms. The molecule has 0 aliphatic carbocycles. The molecule has 0 bridgehead atoms. The second-order valence-corrected chi connectivity index (χ2v) is 3.56. The van der Waals surface area contributed by atoms with Crippen molar-refractivity contribution in [3.8, 4) is 5.75 Å². The van der Waals surface area contributed by atoms with Gasteiger partial charge in [0.1, 0.15) is 23.5 Å². The molecule has 0 saturated carbocycles. The highest BCUT2D eigenvalue weighted by atomic mass is 19.1. The smallest absolute Gasteiger partial charge is 0.168 e. The van der Waals surface area contributed by atoms with Gasteiger partial charge in [-0.05, 0) is 6.42 Å². The Balaban J connectivity index is 2.33. The van der Waals surface area contributed by atoms with E-state index in [0.29, 0.717) is 12.4 Å². The molecular formula is C12H12F2O2. The molecule has 16 heavy (non-hydrogen) atoms. The van der Waals surface area contributed by atoms with Crippen molar-refractivity contribution in [1.82, 2.24) is 0 Å². The molecule has 1 aromatic heterocycles. The van der Waals surface area contributed by atoms with Crippen molar-refractivity contribution < 1.29 is 17.9 Å². The number of fused-ring (bicyclic) bond motifs is 1. The van der Waals surface area contributed by atoms with E-state index in [9.17, 15) is 8.78 Å². The van der Waals surface area contributed by atoms with Gasteiger partial charge in [-0.1, -0.05) is 13.3 Å². The van der Waals surface area contributed by atoms with Crippen molar-refractivity contribution in [2.24, 2.45) is 0 Å². The van der Waals surface area contributed by atoms with Gasteiger partial charge < -0.3 is 9.15 Å². The quantitative estimate of drug-likeness (QED) is 0.738. The average Bonchev–Trinajstić information content (AvgIpc) is 2.62. The molecule has 0 aliphatic rings. The van der Waals surface area contributed by atoms with Crippen LogP contribution in [0.2, 0.25) is 0 Å². The highest BCUT2D eigenvalue weighted by Gasteiger charge is 2.13. The Morgan fingerprint density at radius 2 is 2.12 bits per heavy atom. The lowest BCUT2D eigenvalue weighted by atomic mass is 10.2. The predicted octanol–water partition coefficient (Wildman–Crippen LogP) is 3.89. The van der Waals surface area contributed by atoms with Crippen LogP contribution in [-0.4, -0.2) is 6.61 Å². The van der Waals surface area contributed by atoms with E-state index in [1.165, 1.54) is 6.26 Å². The van der Waals surface area contributed by atoms with Crippen molar-refractivity contribution in [2.45, 2.75) is 19.8 Å². The number of halogens is 2. The average molecular weight is 226 g/mol. The third-order valence-corrected chi connectivity index (χ3v) is 2.31. The minimum absolute atomic E-state index is 0.170. The topological polar surface area (TPSA) is 22.4 Å². The van der Waals surface area contributed by atoms with Crippen LogP contribution in [0.4, 0.5) is 8.78 Å². The van der Waals surface area contributed by atoms with Crippen LogP contribution < -0.4 is 4.74 Å². The zero-order chi connectivity index (χ0) is 11.5. The van der Waals surface area contributed by atoms with E-state index in [-0.39, 0.29) is 11.0 Å². The number of rotatable bonds is 4. The minimum atomic E-state index is -0.657. The lowest BCUT2D eigenvalue weighted by Crippen LogP contribution is -1.96. The van der Waals surface area contributed by atoms with E-state index in [2.05, 4.69) is 0 Å². The Kier molecular flexibility index (Phi) is 3.08. The van der Waals surface area contributed by atoms with E-state index in [1.807, 2.05) is 6.92 Å². The summed E-state index contributed by atoms with van der Waals surface area (Å²) < 4.78 is 36.7. The van der Waals surface area contributed by atoms with Gasteiger partial charge in [-0.2, -0.15) is 0 Å². The number of ether oxygens (including phenoxy) is 1. The largest absolute Gasteiger partial charge is 0.489 e. The molecule has 2 rings (SSSR count). The minimum Gasteiger partial charge on any atom is -0.489 e. The molecule has 0 radical (unpaired) electrons. The van der Waals surface area contributed by atoms with Crippen LogP contribution in [0.3, 0.4) is 0 Å². The summed E-state index contributed by atoms with van der Waals surface area (Å²) >= 11 is 0. The SMILES string of the molecule is CCCCOc1coc2cc(F)cc(F)c12. The summed E-state index contributed by atoms with van der Waals surface area (Å²) in [5.74, 6) is -0.976. The van der Waals surface area contributed by atoms with E-state index in [1.54, 1.807) is 0 Å². The molecule has 0 aliphatic heterocycles. The molecule has 2 aromatic rings. The molecule has 0 unspecified atom stereocenters. The van der Waals surface area contributed by atoms with Gasteiger partial charge in [0.25, 0.3) is 0 Å². The van der Waals surface area contributed by atoms with Crippen LogP contribution >= 0.6 is 0 Å². The fourth-order valence-electron chi connectivity index (χ4n) is 1.49. The second kappa shape index (κ2) is 4.51. The monoisotopic (exact) mass is 226 g/mol. The normalized spacial score (nSPS) is 10.9. The van der Waals surface area contributed by atoms with Gasteiger partial charge in [-0.15, -0.1) is 0 Å². The van der Waals surface area contributed by atoms with Gasteiger partial charge in [0.2, 0.25) is 0 Å². The van der Waals surface area contributed by atoms with E-state index in [0.717, 1.165) is 25.0 Å². The van der Waals surface area contributed by atoms with Crippen LogP contribution in [0.15, 0.2) is 22.8 Å². The van der Waals surface area contributed by atoms with Crippen LogP contribution in [0.25, 0.3) is 11.0 Å². The first-order chi connectivity index (χ1) is 7.72. The first kappa shape index (κ1) is 10.9. The fourth-order valence-corrected chi connectivity index (χ4v) is 1.49. The van der Waals surface area contributed by atoms with Gasteiger partial charge >= 0.3 is 0 Å². The van der Waals surface area contributed by atoms with Crippen molar-refractivity contribution in [3.63, 3.8) is 0 Å². The van der Waals surface area contributed by atoms with Gasteiger partial charge in [0.05, 0.1) is 12.0 Å². The predicted molar refractivity (Wildman–Crippen MR) is 56.5 cm³/mol. The number of benzene rings is 1. The van der Waals surface area contributed by atoms with E-state index >= 15 is 0 Å². The van der Waals surface area contributed by atoms with Crippen LogP contribution in [0.1, 0.15) is 19.8 Å². The van der Waals surface area contributed by atoms with Crippen LogP contribution in [-0.2, 0) is 0 Å². The maximum Gasteiger partial charge on any atom is 0.168 e. The summed E-state index contributed by atoms with van der Waals surface area (Å²) in [5, 5.41) is 0.206. The highest BCUT2D eigenvalue weighted by molar-refractivity contribution is 5.84. The summed E-state index contributed by atoms with van der Waals surface area (Å²) in [6, 6.07) is 1.97. The number of furan rings is 1. The molecule has 0 atom stereocenters. The Morgan fingerprint density at radius 1 is 1.31 bits per heavy atom. The van der Waals surface area contributed by atoms with Crippen molar-refractivity contribution >= 4 is 11.0 Å². The van der Waals surface area contributed by atoms with Gasteiger partial charge in [0.15, 0.2) is 5.75 Å². The highest BCUT2D eigenvalue weighted by Crippen LogP contribution is 2.31. The Bertz CT molecular complexity index is 491. The maximum atomic E-state index is 13.5.